The molecule has 0 spiro atoms. The van der Waals surface area contributed by atoms with Crippen molar-refractivity contribution in [2.24, 2.45) is 0 Å². The smallest absolute Gasteiger partial charge is 0.265 e. The van der Waals surface area contributed by atoms with Crippen molar-refractivity contribution < 1.29 is 31.5 Å². The highest BCUT2D eigenvalue weighted by Gasteiger charge is 2.51. The van der Waals surface area contributed by atoms with Gasteiger partial charge in [-0.15, -0.1) is 0 Å². The summed E-state index contributed by atoms with van der Waals surface area (Å²) < 4.78 is 49.3. The Morgan fingerprint density at radius 1 is 1.35 bits per heavy atom. The van der Waals surface area contributed by atoms with Crippen LogP contribution in [0.2, 0.25) is 0 Å². The average molecular weight is 308 g/mol. The van der Waals surface area contributed by atoms with Crippen LogP contribution in [0.15, 0.2) is 11.6 Å². The molecule has 0 saturated carbocycles. The minimum atomic E-state index is -3.58. The summed E-state index contributed by atoms with van der Waals surface area (Å²) in [5.74, 6) is -0.783. The lowest BCUT2D eigenvalue weighted by molar-refractivity contribution is -0.152. The SMILES string of the molecule is COCOCC1=C[C@@H](OS(C)(=O)=O)[C@@H]2OC(C)(C)O[C@H]12. The van der Waals surface area contributed by atoms with Crippen molar-refractivity contribution in [1.29, 1.82) is 0 Å². The van der Waals surface area contributed by atoms with Crippen molar-refractivity contribution in [2.75, 3.05) is 26.8 Å². The van der Waals surface area contributed by atoms with E-state index in [0.717, 1.165) is 11.8 Å². The predicted molar refractivity (Wildman–Crippen MR) is 69.5 cm³/mol. The van der Waals surface area contributed by atoms with Gasteiger partial charge in [-0.25, -0.2) is 0 Å². The number of fused-ring (bicyclic) bond motifs is 1. The van der Waals surface area contributed by atoms with Crippen LogP contribution >= 0.6 is 0 Å². The summed E-state index contributed by atoms with van der Waals surface area (Å²) in [5, 5.41) is 0. The van der Waals surface area contributed by atoms with Crippen molar-refractivity contribution in [1.82, 2.24) is 0 Å². The van der Waals surface area contributed by atoms with Crippen LogP contribution in [0.1, 0.15) is 13.8 Å². The van der Waals surface area contributed by atoms with Crippen molar-refractivity contribution in [3.63, 3.8) is 0 Å². The van der Waals surface area contributed by atoms with E-state index in [4.69, 9.17) is 23.1 Å². The van der Waals surface area contributed by atoms with Crippen molar-refractivity contribution in [2.45, 2.75) is 37.9 Å². The van der Waals surface area contributed by atoms with Crippen LogP contribution in [-0.2, 0) is 33.2 Å². The molecule has 2 rings (SSSR count). The second kappa shape index (κ2) is 5.70. The van der Waals surface area contributed by atoms with Gasteiger partial charge in [-0.2, -0.15) is 8.42 Å². The maximum Gasteiger partial charge on any atom is 0.265 e. The van der Waals surface area contributed by atoms with E-state index in [1.165, 1.54) is 7.11 Å². The monoisotopic (exact) mass is 308 g/mol. The Bertz CT molecular complexity index is 482. The molecule has 0 aromatic carbocycles. The van der Waals surface area contributed by atoms with Crippen molar-refractivity contribution in [3.8, 4) is 0 Å². The number of hydrogen-bond donors (Lipinski definition) is 0. The highest BCUT2D eigenvalue weighted by Crippen LogP contribution is 2.39. The maximum atomic E-state index is 11.3. The Labute approximate surface area is 118 Å². The van der Waals surface area contributed by atoms with E-state index < -0.39 is 28.1 Å². The molecule has 0 aromatic heterocycles. The molecule has 8 heteroatoms. The molecule has 116 valence electrons. The molecule has 0 aromatic rings. The van der Waals surface area contributed by atoms with E-state index in [1.807, 2.05) is 0 Å². The molecule has 0 unspecified atom stereocenters. The molecule has 1 aliphatic carbocycles. The minimum absolute atomic E-state index is 0.149. The average Bonchev–Trinajstić information content (AvgIpc) is 2.74. The second-order valence-electron chi connectivity index (χ2n) is 5.28. The molecule has 0 amide bonds. The Morgan fingerprint density at radius 3 is 2.65 bits per heavy atom. The highest BCUT2D eigenvalue weighted by atomic mass is 32.2. The molecule has 0 bridgehead atoms. The van der Waals surface area contributed by atoms with Crippen LogP contribution in [0.3, 0.4) is 0 Å². The molecule has 2 aliphatic rings. The normalized spacial score (nSPS) is 32.2. The van der Waals surface area contributed by atoms with Gasteiger partial charge in [0, 0.05) is 7.11 Å². The number of rotatable bonds is 6. The van der Waals surface area contributed by atoms with Gasteiger partial charge in [-0.1, -0.05) is 0 Å². The number of ether oxygens (including phenoxy) is 4. The van der Waals surface area contributed by atoms with Gasteiger partial charge in [0.1, 0.15) is 25.1 Å². The Kier molecular flexibility index (Phi) is 4.53. The van der Waals surface area contributed by atoms with Gasteiger partial charge >= 0.3 is 0 Å². The van der Waals surface area contributed by atoms with E-state index in [2.05, 4.69) is 0 Å². The molecule has 0 N–H and O–H groups in total. The lowest BCUT2D eigenvalue weighted by atomic mass is 10.1. The third-order valence-electron chi connectivity index (χ3n) is 2.95. The standard InChI is InChI=1S/C12H20O7S/c1-12(2)17-10-8(6-16-7-15-3)5-9(11(10)18-12)19-20(4,13)14/h5,9-11H,6-7H2,1-4H3/t9-,10-,11+/m1/s1. The van der Waals surface area contributed by atoms with Crippen LogP contribution < -0.4 is 0 Å². The van der Waals surface area contributed by atoms with Crippen LogP contribution in [-0.4, -0.2) is 59.3 Å². The Hall–Kier alpha value is -0.510. The molecule has 1 fully saturated rings. The van der Waals surface area contributed by atoms with Crippen LogP contribution in [0.5, 0.6) is 0 Å². The van der Waals surface area contributed by atoms with Crippen LogP contribution in [0.4, 0.5) is 0 Å². The third-order valence-corrected chi connectivity index (χ3v) is 3.52. The third kappa shape index (κ3) is 3.78. The topological polar surface area (TPSA) is 80.3 Å². The van der Waals surface area contributed by atoms with Crippen LogP contribution in [0.25, 0.3) is 0 Å². The fourth-order valence-electron chi connectivity index (χ4n) is 2.37. The van der Waals surface area contributed by atoms with Crippen molar-refractivity contribution >= 4 is 10.1 Å². The molecule has 1 heterocycles. The van der Waals surface area contributed by atoms with Gasteiger partial charge in [-0.3, -0.25) is 4.18 Å². The van der Waals surface area contributed by atoms with Gasteiger partial charge in [-0.05, 0) is 25.5 Å². The summed E-state index contributed by atoms with van der Waals surface area (Å²) in [6.45, 7) is 3.97. The predicted octanol–water partition coefficient (Wildman–Crippen LogP) is 0.412. The fourth-order valence-corrected chi connectivity index (χ4v) is 2.94. The first kappa shape index (κ1) is 15.9. The zero-order chi connectivity index (χ0) is 15.0. The van der Waals surface area contributed by atoms with Crippen molar-refractivity contribution in [3.05, 3.63) is 11.6 Å². The summed E-state index contributed by atoms with van der Waals surface area (Å²) in [6, 6.07) is 0. The largest absolute Gasteiger partial charge is 0.359 e. The molecule has 3 atom stereocenters. The van der Waals surface area contributed by atoms with Gasteiger partial charge in [0.05, 0.1) is 12.9 Å². The lowest BCUT2D eigenvalue weighted by Gasteiger charge is -2.20. The minimum Gasteiger partial charge on any atom is -0.359 e. The second-order valence-corrected chi connectivity index (χ2v) is 6.88. The first-order valence-corrected chi connectivity index (χ1v) is 8.05. The Morgan fingerprint density at radius 2 is 2.05 bits per heavy atom. The van der Waals surface area contributed by atoms with E-state index in [9.17, 15) is 8.42 Å². The molecular weight excluding hydrogens is 288 g/mol. The van der Waals surface area contributed by atoms with Gasteiger partial charge < -0.3 is 18.9 Å². The zero-order valence-corrected chi connectivity index (χ0v) is 12.8. The molecule has 1 saturated heterocycles. The first-order chi connectivity index (χ1) is 9.22. The molecule has 0 radical (unpaired) electrons. The lowest BCUT2D eigenvalue weighted by Crippen LogP contribution is -2.33. The van der Waals surface area contributed by atoms with E-state index in [-0.39, 0.29) is 19.5 Å². The van der Waals surface area contributed by atoms with E-state index in [0.29, 0.717) is 0 Å². The molecule has 1 aliphatic heterocycles. The highest BCUT2D eigenvalue weighted by molar-refractivity contribution is 7.86. The molecular formula is C12H20O7S. The summed E-state index contributed by atoms with van der Waals surface area (Å²) in [4.78, 5) is 0. The number of hydrogen-bond acceptors (Lipinski definition) is 7. The van der Waals surface area contributed by atoms with Gasteiger partial charge in [0.15, 0.2) is 5.79 Å². The summed E-state index contributed by atoms with van der Waals surface area (Å²) in [7, 11) is -2.05. The maximum absolute atomic E-state index is 11.3. The van der Waals surface area contributed by atoms with E-state index in [1.54, 1.807) is 19.9 Å². The Balaban J connectivity index is 2.12. The summed E-state index contributed by atoms with van der Waals surface area (Å²) >= 11 is 0. The number of methoxy groups -OCH3 is 1. The van der Waals surface area contributed by atoms with Gasteiger partial charge in [0.25, 0.3) is 10.1 Å². The quantitative estimate of drug-likeness (QED) is 0.304. The van der Waals surface area contributed by atoms with E-state index >= 15 is 0 Å². The summed E-state index contributed by atoms with van der Waals surface area (Å²) in [6.07, 6.45) is 1.14. The molecule has 7 nitrogen and oxygen atoms in total. The summed E-state index contributed by atoms with van der Waals surface area (Å²) in [5.41, 5.74) is 0.797. The zero-order valence-electron chi connectivity index (χ0n) is 12.0. The first-order valence-electron chi connectivity index (χ1n) is 6.23. The molecule has 20 heavy (non-hydrogen) atoms. The van der Waals surface area contributed by atoms with Gasteiger partial charge in [0.2, 0.25) is 0 Å². The fraction of sp³-hybridized carbons (Fsp3) is 0.833. The van der Waals surface area contributed by atoms with Crippen LogP contribution in [0, 0.1) is 0 Å².